The van der Waals surface area contributed by atoms with Gasteiger partial charge in [0.25, 0.3) is 4.84 Å². The number of carbonyl (C=O) groups excluding carboxylic acids is 1. The molecular weight excluding hydrogens is 370 g/mol. The maximum atomic E-state index is 12.8. The molecule has 1 amide bonds. The number of oxazole rings is 1. The standard InChI is InChI=1S/C22H25N3O2S/c1-16-6-5-7-18(14-16)24-13-12-23(15-17(24)2)21(26)10-11-25-19-8-3-4-9-20(19)27-22(25)28/h3-9,14,17H,10-13,15H2,1-2H3/t17-/m1/s1. The third kappa shape index (κ3) is 3.69. The van der Waals surface area contributed by atoms with Crippen LogP contribution in [0.5, 0.6) is 0 Å². The molecular formula is C22H25N3O2S. The van der Waals surface area contributed by atoms with Gasteiger partial charge >= 0.3 is 0 Å². The number of aryl methyl sites for hydroxylation is 2. The highest BCUT2D eigenvalue weighted by Crippen LogP contribution is 2.22. The lowest BCUT2D eigenvalue weighted by atomic mass is 10.1. The normalized spacial score (nSPS) is 17.3. The van der Waals surface area contributed by atoms with E-state index in [1.807, 2.05) is 33.7 Å². The van der Waals surface area contributed by atoms with Gasteiger partial charge in [0, 0.05) is 44.3 Å². The lowest BCUT2D eigenvalue weighted by molar-refractivity contribution is -0.132. The highest BCUT2D eigenvalue weighted by molar-refractivity contribution is 7.71. The zero-order valence-electron chi connectivity index (χ0n) is 16.3. The lowest BCUT2D eigenvalue weighted by Gasteiger charge is -2.41. The Bertz CT molecular complexity index is 1060. The summed E-state index contributed by atoms with van der Waals surface area (Å²) in [5, 5.41) is 0. The Balaban J connectivity index is 1.40. The molecule has 5 nitrogen and oxygen atoms in total. The Hall–Kier alpha value is -2.60. The predicted octanol–water partition coefficient (Wildman–Crippen LogP) is 4.40. The molecule has 1 fully saturated rings. The smallest absolute Gasteiger partial charge is 0.269 e. The van der Waals surface area contributed by atoms with Crippen molar-refractivity contribution in [2.24, 2.45) is 0 Å². The SMILES string of the molecule is Cc1cccc(N2CCN(C(=O)CCn3c(=S)oc4ccccc43)C[C@H]2C)c1. The van der Waals surface area contributed by atoms with Gasteiger partial charge in [-0.25, -0.2) is 0 Å². The summed E-state index contributed by atoms with van der Waals surface area (Å²) in [5.41, 5.74) is 4.20. The lowest BCUT2D eigenvalue weighted by Crippen LogP contribution is -2.53. The summed E-state index contributed by atoms with van der Waals surface area (Å²) < 4.78 is 7.52. The van der Waals surface area contributed by atoms with Crippen molar-refractivity contribution in [3.05, 3.63) is 58.9 Å². The second-order valence-electron chi connectivity index (χ2n) is 7.46. The van der Waals surface area contributed by atoms with Gasteiger partial charge in [-0.15, -0.1) is 0 Å². The average molecular weight is 396 g/mol. The van der Waals surface area contributed by atoms with Crippen LogP contribution in [0.4, 0.5) is 5.69 Å². The minimum atomic E-state index is 0.169. The summed E-state index contributed by atoms with van der Waals surface area (Å²) in [6.07, 6.45) is 0.426. The maximum Gasteiger partial charge on any atom is 0.269 e. The summed E-state index contributed by atoms with van der Waals surface area (Å²) in [6.45, 7) is 7.17. The highest BCUT2D eigenvalue weighted by Gasteiger charge is 2.26. The Labute approximate surface area is 170 Å². The van der Waals surface area contributed by atoms with E-state index < -0.39 is 0 Å². The van der Waals surface area contributed by atoms with Gasteiger partial charge < -0.3 is 14.2 Å². The molecule has 0 N–H and O–H groups in total. The molecule has 1 atom stereocenters. The van der Waals surface area contributed by atoms with E-state index in [1.165, 1.54) is 11.3 Å². The number of aromatic nitrogens is 1. The monoisotopic (exact) mass is 395 g/mol. The van der Waals surface area contributed by atoms with Crippen molar-refractivity contribution in [2.45, 2.75) is 32.9 Å². The van der Waals surface area contributed by atoms with Crippen LogP contribution in [-0.2, 0) is 11.3 Å². The molecule has 3 aromatic rings. The summed E-state index contributed by atoms with van der Waals surface area (Å²) in [6, 6.07) is 16.6. The van der Waals surface area contributed by atoms with Crippen LogP contribution < -0.4 is 4.90 Å². The number of para-hydroxylation sites is 2. The summed E-state index contributed by atoms with van der Waals surface area (Å²) in [7, 11) is 0. The van der Waals surface area contributed by atoms with Crippen LogP contribution in [0.2, 0.25) is 0 Å². The van der Waals surface area contributed by atoms with Crippen LogP contribution in [0.15, 0.2) is 52.9 Å². The van der Waals surface area contributed by atoms with Crippen LogP contribution in [-0.4, -0.2) is 41.1 Å². The van der Waals surface area contributed by atoms with Gasteiger partial charge in [-0.05, 0) is 55.9 Å². The van der Waals surface area contributed by atoms with Crippen LogP contribution in [0.1, 0.15) is 18.9 Å². The van der Waals surface area contributed by atoms with E-state index in [1.54, 1.807) is 0 Å². The van der Waals surface area contributed by atoms with Gasteiger partial charge in [-0.3, -0.25) is 9.36 Å². The number of anilines is 1. The van der Waals surface area contributed by atoms with Crippen molar-refractivity contribution in [3.8, 4) is 0 Å². The van der Waals surface area contributed by atoms with Gasteiger partial charge in [0.1, 0.15) is 0 Å². The van der Waals surface area contributed by atoms with Crippen molar-refractivity contribution in [3.63, 3.8) is 0 Å². The molecule has 0 spiro atoms. The molecule has 0 aliphatic carbocycles. The molecule has 2 heterocycles. The van der Waals surface area contributed by atoms with E-state index in [2.05, 4.69) is 43.0 Å². The van der Waals surface area contributed by atoms with Gasteiger partial charge in [-0.2, -0.15) is 0 Å². The van der Waals surface area contributed by atoms with Gasteiger partial charge in [0.05, 0.1) is 5.52 Å². The topological polar surface area (TPSA) is 41.6 Å². The van der Waals surface area contributed by atoms with Gasteiger partial charge in [-0.1, -0.05) is 24.3 Å². The average Bonchev–Trinajstić information content (AvgIpc) is 3.01. The van der Waals surface area contributed by atoms with E-state index in [0.717, 1.165) is 30.7 Å². The first-order valence-corrected chi connectivity index (χ1v) is 10.1. The Kier molecular flexibility index (Phi) is 5.22. The third-order valence-corrected chi connectivity index (χ3v) is 5.74. The quantitative estimate of drug-likeness (QED) is 0.614. The molecule has 0 bridgehead atoms. The molecule has 2 aromatic carbocycles. The molecule has 1 aliphatic rings. The number of hydrogen-bond acceptors (Lipinski definition) is 4. The molecule has 4 rings (SSSR count). The van der Waals surface area contributed by atoms with Crippen molar-refractivity contribution in [2.75, 3.05) is 24.5 Å². The molecule has 0 saturated carbocycles. The van der Waals surface area contributed by atoms with Crippen LogP contribution in [0.3, 0.4) is 0 Å². The number of piperazine rings is 1. The van der Waals surface area contributed by atoms with Crippen LogP contribution in [0.25, 0.3) is 11.1 Å². The van der Waals surface area contributed by atoms with Crippen molar-refractivity contribution in [1.29, 1.82) is 0 Å². The summed E-state index contributed by atoms with van der Waals surface area (Å²) >= 11 is 5.32. The van der Waals surface area contributed by atoms with Crippen molar-refractivity contribution >= 4 is 34.9 Å². The minimum Gasteiger partial charge on any atom is -0.429 e. The number of nitrogens with zero attached hydrogens (tertiary/aromatic N) is 3. The van der Waals surface area contributed by atoms with Crippen molar-refractivity contribution in [1.82, 2.24) is 9.47 Å². The first kappa shape index (κ1) is 18.7. The largest absolute Gasteiger partial charge is 0.429 e. The summed E-state index contributed by atoms with van der Waals surface area (Å²) in [4.78, 5) is 17.6. The Morgan fingerprint density at radius 3 is 2.79 bits per heavy atom. The Morgan fingerprint density at radius 2 is 2.00 bits per heavy atom. The number of rotatable bonds is 4. The fourth-order valence-corrected chi connectivity index (χ4v) is 4.25. The molecule has 6 heteroatoms. The zero-order valence-corrected chi connectivity index (χ0v) is 17.1. The molecule has 0 unspecified atom stereocenters. The molecule has 0 radical (unpaired) electrons. The van der Waals surface area contributed by atoms with Crippen LogP contribution >= 0.6 is 12.2 Å². The second-order valence-corrected chi connectivity index (χ2v) is 7.81. The van der Waals surface area contributed by atoms with E-state index >= 15 is 0 Å². The number of carbonyl (C=O) groups is 1. The molecule has 1 saturated heterocycles. The highest BCUT2D eigenvalue weighted by atomic mass is 32.1. The van der Waals surface area contributed by atoms with E-state index in [-0.39, 0.29) is 11.9 Å². The minimum absolute atomic E-state index is 0.169. The fraction of sp³-hybridized carbons (Fsp3) is 0.364. The van der Waals surface area contributed by atoms with E-state index in [4.69, 9.17) is 16.6 Å². The maximum absolute atomic E-state index is 12.8. The number of hydrogen-bond donors (Lipinski definition) is 0. The molecule has 28 heavy (non-hydrogen) atoms. The first-order valence-electron chi connectivity index (χ1n) is 9.72. The number of benzene rings is 2. The van der Waals surface area contributed by atoms with Gasteiger partial charge in [0.15, 0.2) is 5.58 Å². The molecule has 146 valence electrons. The van der Waals surface area contributed by atoms with Gasteiger partial charge in [0.2, 0.25) is 5.91 Å². The first-order chi connectivity index (χ1) is 13.5. The fourth-order valence-electron chi connectivity index (χ4n) is 3.97. The molecule has 1 aromatic heterocycles. The van der Waals surface area contributed by atoms with E-state index in [9.17, 15) is 4.79 Å². The third-order valence-electron chi connectivity index (χ3n) is 5.44. The number of amides is 1. The molecule has 1 aliphatic heterocycles. The Morgan fingerprint density at radius 1 is 1.18 bits per heavy atom. The number of fused-ring (bicyclic) bond motifs is 1. The zero-order chi connectivity index (χ0) is 19.7. The van der Waals surface area contributed by atoms with Crippen LogP contribution in [0, 0.1) is 11.8 Å². The summed E-state index contributed by atoms with van der Waals surface area (Å²) in [5.74, 6) is 0.169. The predicted molar refractivity (Wildman–Crippen MR) is 114 cm³/mol. The van der Waals surface area contributed by atoms with E-state index in [0.29, 0.717) is 17.8 Å². The second kappa shape index (κ2) is 7.80. The van der Waals surface area contributed by atoms with Crippen molar-refractivity contribution < 1.29 is 9.21 Å².